The lowest BCUT2D eigenvalue weighted by Gasteiger charge is -2.06. The molecule has 0 aromatic heterocycles. The molecule has 0 heterocycles. The van der Waals surface area contributed by atoms with E-state index in [9.17, 15) is 38.4 Å². The van der Waals surface area contributed by atoms with Gasteiger partial charge in [0.15, 0.2) is 0 Å². The van der Waals surface area contributed by atoms with Crippen molar-refractivity contribution in [2.45, 2.75) is 99.7 Å². The first-order valence-corrected chi connectivity index (χ1v) is 37.6. The van der Waals surface area contributed by atoms with E-state index in [4.69, 9.17) is 86.7 Å². The van der Waals surface area contributed by atoms with E-state index < -0.39 is 96.1 Å². The lowest BCUT2D eigenvalue weighted by atomic mass is 10.2. The van der Waals surface area contributed by atoms with E-state index in [0.717, 1.165) is 0 Å². The molecule has 0 fully saturated rings. The fourth-order valence-electron chi connectivity index (χ4n) is 2.83. The second-order valence-corrected chi connectivity index (χ2v) is 34.3. The molecule has 70 heavy (non-hydrogen) atoms. The summed E-state index contributed by atoms with van der Waals surface area (Å²) in [6.07, 6.45) is 3.39. The van der Waals surface area contributed by atoms with E-state index >= 15 is 0 Å². The van der Waals surface area contributed by atoms with Crippen LogP contribution >= 0.6 is 145 Å². The molecule has 412 valence electrons. The van der Waals surface area contributed by atoms with Crippen LogP contribution < -0.4 is 45.9 Å². The SMILES string of the molecule is NC(CCSSCCC(N)C(=O)O)C(=O)O.NC(CCSSSCCC(N)C(=O)O)C(=O)O.NC(CCSSSSCCC(N)C(=O)O)C(=O)O.NC(CCSSSSSCCC(N)C(=O)O)C(=O)O. The molecule has 24 nitrogen and oxygen atoms in total. The average molecular weight is 1270 g/mol. The first-order valence-electron chi connectivity index (χ1n) is 19.6. The van der Waals surface area contributed by atoms with Gasteiger partial charge >= 0.3 is 47.8 Å². The highest BCUT2D eigenvalue weighted by atomic mass is 33.8. The van der Waals surface area contributed by atoms with Crippen molar-refractivity contribution >= 4 is 193 Å². The second-order valence-electron chi connectivity index (χ2n) is 12.9. The molecule has 0 saturated heterocycles. The van der Waals surface area contributed by atoms with Gasteiger partial charge in [-0.2, -0.15) is 0 Å². The van der Waals surface area contributed by atoms with Gasteiger partial charge in [0, 0.05) is 46.0 Å². The first kappa shape index (κ1) is 76.8. The second kappa shape index (κ2) is 52.8. The van der Waals surface area contributed by atoms with E-state index in [1.54, 1.807) is 51.1 Å². The quantitative estimate of drug-likeness (QED) is 0.0305. The molecule has 38 heteroatoms. The third-order valence-electron chi connectivity index (χ3n) is 7.09. The van der Waals surface area contributed by atoms with Crippen LogP contribution in [0.3, 0.4) is 0 Å². The summed E-state index contributed by atoms with van der Waals surface area (Å²) in [4.78, 5) is 83.2. The van der Waals surface area contributed by atoms with Gasteiger partial charge in [-0.3, -0.25) is 38.4 Å². The Morgan fingerprint density at radius 2 is 0.357 bits per heavy atom. The number of nitrogens with two attached hydrogens (primary N) is 8. The van der Waals surface area contributed by atoms with Crippen molar-refractivity contribution in [2.75, 3.05) is 46.0 Å². The summed E-state index contributed by atoms with van der Waals surface area (Å²) in [5, 5.41) is 68.2. The predicted octanol–water partition coefficient (Wildman–Crippen LogP) is 3.78. The Bertz CT molecular complexity index is 1360. The molecule has 0 saturated carbocycles. The molecule has 0 radical (unpaired) electrons. The van der Waals surface area contributed by atoms with Gasteiger partial charge in [-0.25, -0.2) is 0 Å². The summed E-state index contributed by atoms with van der Waals surface area (Å²) in [6.45, 7) is 0. The number of carboxylic acid groups (broad SMARTS) is 8. The summed E-state index contributed by atoms with van der Waals surface area (Å²) in [5.41, 5.74) is 42.6. The summed E-state index contributed by atoms with van der Waals surface area (Å²) in [6, 6.07) is -6.46. The van der Waals surface area contributed by atoms with Crippen molar-refractivity contribution in [3.63, 3.8) is 0 Å². The smallest absolute Gasteiger partial charge is 0.320 e. The van der Waals surface area contributed by atoms with Crippen LogP contribution in [0, 0.1) is 0 Å². The van der Waals surface area contributed by atoms with Crippen LogP contribution in [0.25, 0.3) is 0 Å². The third-order valence-corrected chi connectivity index (χ3v) is 29.1. The Morgan fingerprint density at radius 3 is 0.514 bits per heavy atom. The van der Waals surface area contributed by atoms with Gasteiger partial charge in [-0.05, 0) is 110 Å². The number of hydrogen-bond acceptors (Lipinski definition) is 30. The summed E-state index contributed by atoms with van der Waals surface area (Å²) >= 11 is 0. The molecule has 8 unspecified atom stereocenters. The molecule has 0 aromatic rings. The third kappa shape index (κ3) is 56.1. The molecule has 0 aliphatic heterocycles. The summed E-state index contributed by atoms with van der Waals surface area (Å²) in [5.74, 6) is -2.65. The normalized spacial score (nSPS) is 14.2. The van der Waals surface area contributed by atoms with Gasteiger partial charge in [0.2, 0.25) is 0 Å². The van der Waals surface area contributed by atoms with Gasteiger partial charge in [-0.15, -0.1) is 0 Å². The van der Waals surface area contributed by atoms with Crippen LogP contribution in [0.2, 0.25) is 0 Å². The van der Waals surface area contributed by atoms with Gasteiger partial charge < -0.3 is 86.7 Å². The molecule has 24 N–H and O–H groups in total. The van der Waals surface area contributed by atoms with Crippen molar-refractivity contribution in [1.29, 1.82) is 0 Å². The first-order chi connectivity index (χ1) is 32.8. The van der Waals surface area contributed by atoms with Crippen molar-refractivity contribution in [2.24, 2.45) is 45.9 Å². The maximum Gasteiger partial charge on any atom is 0.320 e. The molecule has 0 bridgehead atoms. The van der Waals surface area contributed by atoms with E-state index in [1.165, 1.54) is 94.2 Å². The molecule has 0 aliphatic carbocycles. The molecule has 0 aliphatic rings. The lowest BCUT2D eigenvalue weighted by Crippen LogP contribution is -2.30. The van der Waals surface area contributed by atoms with Crippen molar-refractivity contribution < 1.29 is 79.2 Å². The standard InChI is InChI=1S/C8H16N2O4S5.C8H16N2O4S4.C8H16N2O4S3.C8H16N2O4S2/c9-5(7(11)12)1-3-15-17-19-18-16-4-2-6(10)8(13)14;9-5(7(11)12)1-3-15-17-18-16-4-2-6(10)8(13)14;9-5(7(11)12)1-3-15-17-16-4-2-6(10)8(13)14;9-5(7(11)12)1-3-15-16-4-2-6(10)8(13)14/h5-6H,1-4,9-10H2,(H,11,12)(H,13,14);5-6H,1-4,9-10H2,(H,11,12)(H,13,14);5-6H,1-4,9-10H2,(H,11,12)(H,13,14);5-6H,1-4,9-10H2,(H,11,12)(H,13,14). The Balaban J connectivity index is -0.000000416. The number of rotatable bonds is 42. The van der Waals surface area contributed by atoms with E-state index in [0.29, 0.717) is 97.4 Å². The van der Waals surface area contributed by atoms with E-state index in [2.05, 4.69) is 0 Å². The summed E-state index contributed by atoms with van der Waals surface area (Å²) in [7, 11) is 21.3. The fraction of sp³-hybridized carbons (Fsp3) is 0.750. The Morgan fingerprint density at radius 1 is 0.229 bits per heavy atom. The Hall–Kier alpha value is 0.340. The molecule has 0 spiro atoms. The van der Waals surface area contributed by atoms with Crippen LogP contribution in [-0.2, 0) is 38.4 Å². The molecule has 0 rings (SSSR count). The number of aliphatic carboxylic acids is 8. The van der Waals surface area contributed by atoms with Crippen LogP contribution in [-0.4, -0.2) is 183 Å². The highest BCUT2D eigenvalue weighted by Crippen LogP contribution is 2.48. The Kier molecular flexibility index (Phi) is 57.9. The van der Waals surface area contributed by atoms with Crippen LogP contribution in [0.5, 0.6) is 0 Å². The fourth-order valence-corrected chi connectivity index (χ4v) is 24.1. The van der Waals surface area contributed by atoms with Gasteiger partial charge in [-0.1, -0.05) is 86.4 Å². The van der Waals surface area contributed by atoms with Crippen LogP contribution in [0.15, 0.2) is 0 Å². The van der Waals surface area contributed by atoms with Gasteiger partial charge in [0.05, 0.1) is 0 Å². The highest BCUT2D eigenvalue weighted by molar-refractivity contribution is 9.35. The minimum Gasteiger partial charge on any atom is -0.480 e. The summed E-state index contributed by atoms with van der Waals surface area (Å²) < 4.78 is 0. The van der Waals surface area contributed by atoms with Crippen molar-refractivity contribution in [3.8, 4) is 0 Å². The number of carboxylic acids is 8. The predicted molar refractivity (Wildman–Crippen MR) is 307 cm³/mol. The van der Waals surface area contributed by atoms with E-state index in [1.807, 2.05) is 0 Å². The minimum absolute atomic E-state index is 0.401. The van der Waals surface area contributed by atoms with Crippen molar-refractivity contribution in [1.82, 2.24) is 0 Å². The molecular formula is C32H64N8O16S14. The topological polar surface area (TPSA) is 507 Å². The average Bonchev–Trinajstić information content (AvgIpc) is 3.29. The molecule has 0 amide bonds. The largest absolute Gasteiger partial charge is 0.480 e. The lowest BCUT2D eigenvalue weighted by molar-refractivity contribution is -0.139. The van der Waals surface area contributed by atoms with E-state index in [-0.39, 0.29) is 0 Å². The maximum absolute atomic E-state index is 10.4. The molecular weight excluding hydrogens is 1200 g/mol. The molecule has 8 atom stereocenters. The van der Waals surface area contributed by atoms with Gasteiger partial charge in [0.1, 0.15) is 48.3 Å². The van der Waals surface area contributed by atoms with Crippen LogP contribution in [0.1, 0.15) is 51.4 Å². The number of carbonyl (C=O) groups is 8. The highest BCUT2D eigenvalue weighted by Gasteiger charge is 2.16. The zero-order valence-corrected chi connectivity index (χ0v) is 48.5. The monoisotopic (exact) mass is 1260 g/mol. The zero-order valence-electron chi connectivity index (χ0n) is 37.1. The van der Waals surface area contributed by atoms with Gasteiger partial charge in [0.25, 0.3) is 0 Å². The number of hydrogen-bond donors (Lipinski definition) is 16. The van der Waals surface area contributed by atoms with Crippen molar-refractivity contribution in [3.05, 3.63) is 0 Å². The zero-order chi connectivity index (χ0) is 54.5. The minimum atomic E-state index is -1.00. The Labute approximate surface area is 459 Å². The maximum atomic E-state index is 10.4. The van der Waals surface area contributed by atoms with Crippen LogP contribution in [0.4, 0.5) is 0 Å². The molecule has 0 aromatic carbocycles.